The molecule has 0 aliphatic heterocycles. The van der Waals surface area contributed by atoms with E-state index in [4.69, 9.17) is 0 Å². The van der Waals surface area contributed by atoms with Gasteiger partial charge < -0.3 is 10.1 Å². The molecule has 4 rings (SSSR count). The Bertz CT molecular complexity index is 942. The number of thiophene rings is 2. The zero-order valence-corrected chi connectivity index (χ0v) is 14.6. The lowest BCUT2D eigenvalue weighted by Crippen LogP contribution is -2.27. The zero-order valence-electron chi connectivity index (χ0n) is 12.9. The number of hydrogen-bond acceptors (Lipinski definition) is 6. The maximum Gasteiger partial charge on any atom is 0.381 e. The smallest absolute Gasteiger partial charge is 0.358 e. The average molecular weight is 371 g/mol. The normalized spacial score (nSPS) is 20.5. The summed E-state index contributed by atoms with van der Waals surface area (Å²) in [5, 5.41) is 14.9. The molecule has 0 N–H and O–H groups in total. The molecular formula is C17H13N3O3S2. The Labute approximate surface area is 151 Å². The predicted octanol–water partition coefficient (Wildman–Crippen LogP) is 4.30. The molecule has 25 heavy (non-hydrogen) atoms. The fraction of sp³-hybridized carbons (Fsp3) is 0.176. The number of nitrogens with zero attached hydrogens (tertiary/aromatic N) is 3. The largest absolute Gasteiger partial charge is 0.381 e. The van der Waals surface area contributed by atoms with Gasteiger partial charge in [-0.25, -0.2) is 0 Å². The molecule has 3 aromatic heterocycles. The molecule has 0 saturated carbocycles. The summed E-state index contributed by atoms with van der Waals surface area (Å²) in [7, 11) is 0. The van der Waals surface area contributed by atoms with Gasteiger partial charge in [0.1, 0.15) is 12.2 Å². The van der Waals surface area contributed by atoms with E-state index in [1.165, 1.54) is 12.5 Å². The molecule has 0 amide bonds. The molecule has 8 heteroatoms. The van der Waals surface area contributed by atoms with Gasteiger partial charge in [0.15, 0.2) is 5.78 Å². The predicted molar refractivity (Wildman–Crippen MR) is 96.9 cm³/mol. The maximum atomic E-state index is 12.9. The van der Waals surface area contributed by atoms with Crippen LogP contribution in [0, 0.1) is 10.1 Å². The summed E-state index contributed by atoms with van der Waals surface area (Å²) in [4.78, 5) is 29.3. The molecule has 0 bridgehead atoms. The van der Waals surface area contributed by atoms with Crippen molar-refractivity contribution in [2.24, 2.45) is 0 Å². The Balaban J connectivity index is 1.77. The van der Waals surface area contributed by atoms with Gasteiger partial charge in [-0.3, -0.25) is 9.36 Å². The third kappa shape index (κ3) is 2.94. The van der Waals surface area contributed by atoms with E-state index < -0.39 is 11.0 Å². The molecular weight excluding hydrogens is 358 g/mol. The molecule has 0 fully saturated rings. The first-order chi connectivity index (χ1) is 12.1. The lowest BCUT2D eigenvalue weighted by molar-refractivity contribution is -0.389. The van der Waals surface area contributed by atoms with Crippen LogP contribution in [0.5, 0.6) is 0 Å². The molecule has 6 nitrogen and oxygen atoms in total. The minimum Gasteiger partial charge on any atom is -0.358 e. The van der Waals surface area contributed by atoms with Crippen LogP contribution >= 0.6 is 22.7 Å². The van der Waals surface area contributed by atoms with Gasteiger partial charge >= 0.3 is 5.82 Å². The standard InChI is InChI=1S/C17H13N3O3S2/c21-13-8-11(14-3-1-5-24-14)7-12(15-4-2-6-25-15)17(13)19-9-16(18-10-19)20(22)23/h1-6,8-10,12,17H,7H2/t12-,17-/m0/s1. The number of rotatable bonds is 4. The lowest BCUT2D eigenvalue weighted by atomic mass is 9.82. The fourth-order valence-electron chi connectivity index (χ4n) is 3.18. The number of nitro groups is 1. The molecule has 0 unspecified atom stereocenters. The molecule has 0 saturated heterocycles. The van der Waals surface area contributed by atoms with Gasteiger partial charge in [-0.05, 0) is 50.9 Å². The number of imidazole rings is 1. The van der Waals surface area contributed by atoms with Crippen LogP contribution in [0.15, 0.2) is 53.6 Å². The number of aromatic nitrogens is 2. The summed E-state index contributed by atoms with van der Waals surface area (Å²) < 4.78 is 1.58. The summed E-state index contributed by atoms with van der Waals surface area (Å²) in [6.45, 7) is 0. The van der Waals surface area contributed by atoms with Gasteiger partial charge in [-0.1, -0.05) is 12.1 Å². The average Bonchev–Trinajstić information content (AvgIpc) is 3.34. The van der Waals surface area contributed by atoms with Crippen LogP contribution in [0.2, 0.25) is 0 Å². The topological polar surface area (TPSA) is 78.0 Å². The molecule has 3 heterocycles. The first-order valence-electron chi connectivity index (χ1n) is 7.63. The molecule has 1 aliphatic rings. The Hall–Kier alpha value is -2.58. The molecule has 0 aromatic carbocycles. The van der Waals surface area contributed by atoms with Crippen LogP contribution in [-0.4, -0.2) is 20.3 Å². The highest BCUT2D eigenvalue weighted by molar-refractivity contribution is 7.11. The second-order valence-corrected chi connectivity index (χ2v) is 7.68. The van der Waals surface area contributed by atoms with Crippen molar-refractivity contribution >= 4 is 39.8 Å². The summed E-state index contributed by atoms with van der Waals surface area (Å²) in [6.07, 6.45) is 5.11. The van der Waals surface area contributed by atoms with Crippen molar-refractivity contribution < 1.29 is 9.72 Å². The monoisotopic (exact) mass is 371 g/mol. The van der Waals surface area contributed by atoms with Gasteiger partial charge in [0.05, 0.1) is 0 Å². The van der Waals surface area contributed by atoms with Crippen LogP contribution in [0.25, 0.3) is 5.57 Å². The van der Waals surface area contributed by atoms with Gasteiger partial charge in [0.25, 0.3) is 0 Å². The van der Waals surface area contributed by atoms with Crippen molar-refractivity contribution in [3.05, 3.63) is 73.5 Å². The number of ketones is 1. The first-order valence-corrected chi connectivity index (χ1v) is 9.39. The Morgan fingerprint density at radius 3 is 2.68 bits per heavy atom. The number of hydrogen-bond donors (Lipinski definition) is 0. The maximum absolute atomic E-state index is 12.9. The summed E-state index contributed by atoms with van der Waals surface area (Å²) in [5.74, 6) is -0.366. The molecule has 126 valence electrons. The number of carbonyl (C=O) groups excluding carboxylic acids is 1. The Morgan fingerprint density at radius 1 is 1.24 bits per heavy atom. The lowest BCUT2D eigenvalue weighted by Gasteiger charge is -2.29. The van der Waals surface area contributed by atoms with E-state index in [2.05, 4.69) is 4.98 Å². The molecule has 0 radical (unpaired) electrons. The third-order valence-corrected chi connectivity index (χ3v) is 6.22. The minimum atomic E-state index is -0.545. The molecule has 3 aromatic rings. The zero-order chi connectivity index (χ0) is 17.4. The molecule has 0 spiro atoms. The second kappa shape index (κ2) is 6.38. The van der Waals surface area contributed by atoms with Crippen molar-refractivity contribution in [1.82, 2.24) is 9.55 Å². The first kappa shape index (κ1) is 15.9. The highest BCUT2D eigenvalue weighted by Crippen LogP contribution is 2.44. The van der Waals surface area contributed by atoms with Gasteiger partial charge in [0, 0.05) is 15.7 Å². The van der Waals surface area contributed by atoms with E-state index in [9.17, 15) is 14.9 Å². The van der Waals surface area contributed by atoms with E-state index >= 15 is 0 Å². The van der Waals surface area contributed by atoms with Crippen molar-refractivity contribution in [1.29, 1.82) is 0 Å². The Kier molecular flexibility index (Phi) is 4.06. The summed E-state index contributed by atoms with van der Waals surface area (Å²) >= 11 is 3.21. The quantitative estimate of drug-likeness (QED) is 0.506. The fourth-order valence-corrected chi connectivity index (χ4v) is 4.79. The van der Waals surface area contributed by atoms with E-state index in [1.807, 2.05) is 35.0 Å². The summed E-state index contributed by atoms with van der Waals surface area (Å²) in [5.41, 5.74) is 1.02. The van der Waals surface area contributed by atoms with E-state index in [1.54, 1.807) is 33.3 Å². The van der Waals surface area contributed by atoms with Crippen molar-refractivity contribution in [2.75, 3.05) is 0 Å². The van der Waals surface area contributed by atoms with Crippen molar-refractivity contribution in [2.45, 2.75) is 18.4 Å². The van der Waals surface area contributed by atoms with Crippen LogP contribution < -0.4 is 0 Å². The molecule has 1 aliphatic carbocycles. The highest BCUT2D eigenvalue weighted by Gasteiger charge is 2.36. The van der Waals surface area contributed by atoms with E-state index in [0.29, 0.717) is 6.42 Å². The van der Waals surface area contributed by atoms with Crippen LogP contribution in [0.1, 0.15) is 28.1 Å². The van der Waals surface area contributed by atoms with E-state index in [-0.39, 0.29) is 17.5 Å². The van der Waals surface area contributed by atoms with Gasteiger partial charge in [-0.15, -0.1) is 22.7 Å². The summed E-state index contributed by atoms with van der Waals surface area (Å²) in [6, 6.07) is 7.44. The number of allylic oxidation sites excluding steroid dienone is 2. The highest BCUT2D eigenvalue weighted by atomic mass is 32.1. The van der Waals surface area contributed by atoms with Crippen LogP contribution in [-0.2, 0) is 4.79 Å². The van der Waals surface area contributed by atoms with Crippen molar-refractivity contribution in [3.63, 3.8) is 0 Å². The van der Waals surface area contributed by atoms with Crippen LogP contribution in [0.3, 0.4) is 0 Å². The Morgan fingerprint density at radius 2 is 2.04 bits per heavy atom. The van der Waals surface area contributed by atoms with E-state index in [0.717, 1.165) is 15.3 Å². The molecule has 2 atom stereocenters. The number of carbonyl (C=O) groups is 1. The van der Waals surface area contributed by atoms with Crippen molar-refractivity contribution in [3.8, 4) is 0 Å². The third-order valence-electron chi connectivity index (χ3n) is 4.27. The van der Waals surface area contributed by atoms with Gasteiger partial charge in [0.2, 0.25) is 6.33 Å². The second-order valence-electron chi connectivity index (χ2n) is 5.76. The van der Waals surface area contributed by atoms with Crippen LogP contribution in [0.4, 0.5) is 5.82 Å². The minimum absolute atomic E-state index is 0.0552. The SMILES string of the molecule is O=C1C=C(c2cccs2)C[C@@H](c2cccs2)[C@@H]1n1cnc([N+](=O)[O-])c1. The van der Waals surface area contributed by atoms with Gasteiger partial charge in [-0.2, -0.15) is 0 Å².